The third-order valence-electron chi connectivity index (χ3n) is 5.08. The minimum atomic E-state index is -3.86. The van der Waals surface area contributed by atoms with Crippen LogP contribution in [0.5, 0.6) is 0 Å². The molecule has 0 aromatic heterocycles. The fraction of sp³-hybridized carbons (Fsp3) is 0.350. The molecule has 1 fully saturated rings. The topological polar surface area (TPSA) is 106 Å². The van der Waals surface area contributed by atoms with Crippen LogP contribution in [0.4, 0.5) is 5.69 Å². The van der Waals surface area contributed by atoms with Crippen LogP contribution in [0.1, 0.15) is 42.9 Å². The van der Waals surface area contributed by atoms with Crippen LogP contribution in [0, 0.1) is 23.0 Å². The Kier molecular flexibility index (Phi) is 5.90. The Morgan fingerprint density at radius 2 is 1.71 bits per heavy atom. The number of hydrogen-bond donors (Lipinski definition) is 1. The predicted molar refractivity (Wildman–Crippen MR) is 104 cm³/mol. The first-order chi connectivity index (χ1) is 13.3. The number of nitro groups is 1. The smallest absolute Gasteiger partial charge is 0.269 e. The van der Waals surface area contributed by atoms with Crippen LogP contribution < -0.4 is 4.72 Å². The molecule has 2 aromatic rings. The molecule has 1 N–H and O–H groups in total. The Bertz CT molecular complexity index is 969. The van der Waals surface area contributed by atoms with Crippen molar-refractivity contribution in [1.82, 2.24) is 4.72 Å². The first-order valence-electron chi connectivity index (χ1n) is 9.14. The minimum absolute atomic E-state index is 0.0150. The number of hydrogen-bond acceptors (Lipinski definition) is 5. The number of carbonyl (C=O) groups excluding carboxylic acids is 1. The summed E-state index contributed by atoms with van der Waals surface area (Å²) in [4.78, 5) is 23.0. The van der Waals surface area contributed by atoms with Crippen molar-refractivity contribution < 1.29 is 18.1 Å². The third-order valence-corrected chi connectivity index (χ3v) is 6.54. The molecular weight excluding hydrogens is 380 g/mol. The molecule has 8 heteroatoms. The van der Waals surface area contributed by atoms with Gasteiger partial charge in [0.1, 0.15) is 5.78 Å². The summed E-state index contributed by atoms with van der Waals surface area (Å²) in [5.41, 5.74) is 1.40. The van der Waals surface area contributed by atoms with E-state index >= 15 is 0 Å². The molecular formula is C20H22N2O5S. The zero-order chi connectivity index (χ0) is 20.3. The molecule has 2 aromatic carbocycles. The lowest BCUT2D eigenvalue weighted by Gasteiger charge is -2.30. The standard InChI is InChI=1S/C20H22N2O5S/c1-14-6-12-17(13-7-14)28(26,27)21-20(18-4-2-3-5-19(18)23)15-8-10-16(11-9-15)22(24)25/h6-13,18,20-21H,2-5H2,1H3/t18-,20+/m1/s1. The Morgan fingerprint density at radius 3 is 2.29 bits per heavy atom. The van der Waals surface area contributed by atoms with Crippen molar-refractivity contribution in [2.45, 2.75) is 43.5 Å². The molecule has 0 aliphatic heterocycles. The second kappa shape index (κ2) is 8.20. The van der Waals surface area contributed by atoms with E-state index in [9.17, 15) is 23.3 Å². The molecule has 3 rings (SSSR count). The average molecular weight is 402 g/mol. The van der Waals surface area contributed by atoms with Gasteiger partial charge in [-0.15, -0.1) is 0 Å². The summed E-state index contributed by atoms with van der Waals surface area (Å²) in [5.74, 6) is -0.475. The molecule has 1 saturated carbocycles. The van der Waals surface area contributed by atoms with Gasteiger partial charge in [-0.2, -0.15) is 0 Å². The van der Waals surface area contributed by atoms with E-state index in [0.29, 0.717) is 18.4 Å². The number of rotatable bonds is 6. The van der Waals surface area contributed by atoms with E-state index in [0.717, 1.165) is 18.4 Å². The number of benzene rings is 2. The van der Waals surface area contributed by atoms with Crippen LogP contribution in [0.3, 0.4) is 0 Å². The Balaban J connectivity index is 1.97. The number of Topliss-reactive ketones (excluding diaryl/α,β-unsaturated/α-hetero) is 1. The summed E-state index contributed by atoms with van der Waals surface area (Å²) < 4.78 is 28.5. The van der Waals surface area contributed by atoms with Gasteiger partial charge in [-0.25, -0.2) is 13.1 Å². The molecule has 0 radical (unpaired) electrons. The van der Waals surface area contributed by atoms with Crippen LogP contribution in [0.2, 0.25) is 0 Å². The summed E-state index contributed by atoms with van der Waals surface area (Å²) in [6, 6.07) is 11.4. The maximum absolute atomic E-state index is 12.9. The quantitative estimate of drug-likeness (QED) is 0.586. The molecule has 0 unspecified atom stereocenters. The Labute approximate surface area is 164 Å². The van der Waals surface area contributed by atoms with Crippen molar-refractivity contribution in [3.63, 3.8) is 0 Å². The molecule has 1 aliphatic rings. The summed E-state index contributed by atoms with van der Waals surface area (Å²) in [7, 11) is -3.86. The van der Waals surface area contributed by atoms with E-state index in [2.05, 4.69) is 4.72 Å². The third kappa shape index (κ3) is 4.45. The monoisotopic (exact) mass is 402 g/mol. The number of nitro benzene ring substituents is 1. The van der Waals surface area contributed by atoms with Crippen LogP contribution in [-0.2, 0) is 14.8 Å². The molecule has 2 atom stereocenters. The molecule has 0 amide bonds. The predicted octanol–water partition coefficient (Wildman–Crippen LogP) is 3.68. The maximum Gasteiger partial charge on any atom is 0.269 e. The first-order valence-corrected chi connectivity index (χ1v) is 10.6. The summed E-state index contributed by atoms with van der Waals surface area (Å²) >= 11 is 0. The van der Waals surface area contributed by atoms with Crippen molar-refractivity contribution in [2.75, 3.05) is 0 Å². The van der Waals surface area contributed by atoms with Gasteiger partial charge in [-0.05, 0) is 37.5 Å². The zero-order valence-corrected chi connectivity index (χ0v) is 16.3. The second-order valence-corrected chi connectivity index (χ2v) is 8.79. The van der Waals surface area contributed by atoms with Crippen LogP contribution >= 0.6 is 0 Å². The minimum Gasteiger partial charge on any atom is -0.299 e. The summed E-state index contributed by atoms with van der Waals surface area (Å²) in [6.07, 6.45) is 2.64. The van der Waals surface area contributed by atoms with Crippen molar-refractivity contribution >= 4 is 21.5 Å². The summed E-state index contributed by atoms with van der Waals surface area (Å²) in [6.45, 7) is 1.87. The lowest BCUT2D eigenvalue weighted by Crippen LogP contribution is -2.38. The van der Waals surface area contributed by atoms with Gasteiger partial charge >= 0.3 is 0 Å². The number of carbonyl (C=O) groups is 1. The SMILES string of the molecule is Cc1ccc(S(=O)(=O)N[C@@H](c2ccc([N+](=O)[O-])cc2)[C@@H]2CCCCC2=O)cc1. The van der Waals surface area contributed by atoms with E-state index < -0.39 is 26.9 Å². The van der Waals surface area contributed by atoms with E-state index in [1.165, 1.54) is 36.4 Å². The first kappa shape index (κ1) is 20.2. The van der Waals surface area contributed by atoms with E-state index in [1.807, 2.05) is 6.92 Å². The van der Waals surface area contributed by atoms with Crippen molar-refractivity contribution in [3.05, 3.63) is 69.8 Å². The second-order valence-electron chi connectivity index (χ2n) is 7.08. The normalized spacial score (nSPS) is 18.6. The van der Waals surface area contributed by atoms with E-state index in [1.54, 1.807) is 12.1 Å². The van der Waals surface area contributed by atoms with Gasteiger partial charge in [0.2, 0.25) is 10.0 Å². The average Bonchev–Trinajstić information content (AvgIpc) is 2.67. The Hall–Kier alpha value is -2.58. The number of sulfonamides is 1. The molecule has 1 aliphatic carbocycles. The number of ketones is 1. The van der Waals surface area contributed by atoms with Crippen LogP contribution in [-0.4, -0.2) is 19.1 Å². The highest BCUT2D eigenvalue weighted by atomic mass is 32.2. The van der Waals surface area contributed by atoms with Crippen LogP contribution in [0.25, 0.3) is 0 Å². The highest BCUT2D eigenvalue weighted by Gasteiger charge is 2.34. The molecule has 28 heavy (non-hydrogen) atoms. The number of aryl methyl sites for hydroxylation is 1. The highest BCUT2D eigenvalue weighted by molar-refractivity contribution is 7.89. The molecule has 7 nitrogen and oxygen atoms in total. The van der Waals surface area contributed by atoms with E-state index in [4.69, 9.17) is 0 Å². The molecule has 0 bridgehead atoms. The molecule has 0 spiro atoms. The molecule has 0 saturated heterocycles. The van der Waals surface area contributed by atoms with Crippen LogP contribution in [0.15, 0.2) is 53.4 Å². The lowest BCUT2D eigenvalue weighted by atomic mass is 9.80. The largest absolute Gasteiger partial charge is 0.299 e. The molecule has 148 valence electrons. The Morgan fingerprint density at radius 1 is 1.07 bits per heavy atom. The van der Waals surface area contributed by atoms with Gasteiger partial charge in [0.15, 0.2) is 0 Å². The van der Waals surface area contributed by atoms with Crippen molar-refractivity contribution in [3.8, 4) is 0 Å². The van der Waals surface area contributed by atoms with Gasteiger partial charge in [0, 0.05) is 24.5 Å². The fourth-order valence-corrected chi connectivity index (χ4v) is 4.77. The maximum atomic E-state index is 12.9. The van der Waals surface area contributed by atoms with Crippen molar-refractivity contribution in [2.24, 2.45) is 5.92 Å². The van der Waals surface area contributed by atoms with Gasteiger partial charge < -0.3 is 0 Å². The van der Waals surface area contributed by atoms with Crippen molar-refractivity contribution in [1.29, 1.82) is 0 Å². The zero-order valence-electron chi connectivity index (χ0n) is 15.5. The highest BCUT2D eigenvalue weighted by Crippen LogP contribution is 2.34. The number of nitrogens with zero attached hydrogens (tertiary/aromatic N) is 1. The van der Waals surface area contributed by atoms with Gasteiger partial charge in [-0.1, -0.05) is 36.2 Å². The van der Waals surface area contributed by atoms with Gasteiger partial charge in [0.25, 0.3) is 5.69 Å². The number of nitrogens with one attached hydrogen (secondary N) is 1. The molecule has 0 heterocycles. The van der Waals surface area contributed by atoms with Gasteiger partial charge in [0.05, 0.1) is 15.9 Å². The summed E-state index contributed by atoms with van der Waals surface area (Å²) in [5, 5.41) is 10.9. The number of non-ortho nitro benzene ring substituents is 1. The fourth-order valence-electron chi connectivity index (χ4n) is 3.50. The lowest BCUT2D eigenvalue weighted by molar-refractivity contribution is -0.384. The van der Waals surface area contributed by atoms with Gasteiger partial charge in [-0.3, -0.25) is 14.9 Å². The van der Waals surface area contributed by atoms with E-state index in [-0.39, 0.29) is 16.4 Å².